The third-order valence-corrected chi connectivity index (χ3v) is 1.66. The second-order valence-electron chi connectivity index (χ2n) is 2.83. The lowest BCUT2D eigenvalue weighted by Gasteiger charge is -2.00. The van der Waals surface area contributed by atoms with E-state index in [1.54, 1.807) is 32.3 Å². The first-order valence-corrected chi connectivity index (χ1v) is 4.49. The van der Waals surface area contributed by atoms with Crippen LogP contribution >= 0.6 is 0 Å². The van der Waals surface area contributed by atoms with Gasteiger partial charge in [0.2, 0.25) is 0 Å². The Morgan fingerprint density at radius 3 is 3.00 bits per heavy atom. The summed E-state index contributed by atoms with van der Waals surface area (Å²) in [5, 5.41) is 0. The number of carbonyl (C=O) groups excluding carboxylic acids is 1. The quantitative estimate of drug-likeness (QED) is 0.542. The second kappa shape index (κ2) is 5.17. The first-order chi connectivity index (χ1) is 6.74. The average Bonchev–Trinajstić information content (AvgIpc) is 2.19. The maximum atomic E-state index is 11.2. The van der Waals surface area contributed by atoms with Crippen molar-refractivity contribution in [1.29, 1.82) is 0 Å². The minimum atomic E-state index is -0.281. The van der Waals surface area contributed by atoms with E-state index in [0.717, 1.165) is 5.56 Å². The van der Waals surface area contributed by atoms with Gasteiger partial charge in [-0.25, -0.2) is 4.79 Å². The van der Waals surface area contributed by atoms with Crippen LogP contribution in [0.15, 0.2) is 30.1 Å². The van der Waals surface area contributed by atoms with Crippen LogP contribution in [0.4, 0.5) is 0 Å². The van der Waals surface area contributed by atoms with Gasteiger partial charge in [0.05, 0.1) is 6.61 Å². The van der Waals surface area contributed by atoms with E-state index in [1.165, 1.54) is 0 Å². The molecule has 0 aliphatic heterocycles. The zero-order valence-corrected chi connectivity index (χ0v) is 8.36. The molecule has 0 atom stereocenters. The topological polar surface area (TPSA) is 39.2 Å². The molecule has 3 heteroatoms. The van der Waals surface area contributed by atoms with E-state index >= 15 is 0 Å². The highest BCUT2D eigenvalue weighted by Gasteiger charge is 2.03. The highest BCUT2D eigenvalue weighted by atomic mass is 16.5. The largest absolute Gasteiger partial charge is 0.463 e. The molecule has 0 saturated heterocycles. The molecular weight excluding hydrogens is 178 g/mol. The Hall–Kier alpha value is -1.64. The van der Waals surface area contributed by atoms with Crippen molar-refractivity contribution in [2.75, 3.05) is 6.61 Å². The van der Waals surface area contributed by atoms with Crippen molar-refractivity contribution in [3.8, 4) is 0 Å². The van der Waals surface area contributed by atoms with E-state index in [9.17, 15) is 4.79 Å². The molecule has 0 aliphatic carbocycles. The summed E-state index contributed by atoms with van der Waals surface area (Å²) < 4.78 is 4.85. The van der Waals surface area contributed by atoms with E-state index in [1.807, 2.05) is 12.1 Å². The number of esters is 1. The van der Waals surface area contributed by atoms with E-state index in [4.69, 9.17) is 4.74 Å². The Bertz CT molecular complexity index is 330. The fourth-order valence-corrected chi connectivity index (χ4v) is 1.02. The zero-order chi connectivity index (χ0) is 10.4. The van der Waals surface area contributed by atoms with Gasteiger partial charge in [-0.3, -0.25) is 4.98 Å². The Balaban J connectivity index is 2.74. The summed E-state index contributed by atoms with van der Waals surface area (Å²) >= 11 is 0. The van der Waals surface area contributed by atoms with Crippen LogP contribution in [0, 0.1) is 0 Å². The molecule has 0 aromatic carbocycles. The SMILES string of the molecule is CCOC(=O)/C(C)=C/c1cccnc1. The zero-order valence-electron chi connectivity index (χ0n) is 8.36. The Kier molecular flexibility index (Phi) is 3.85. The molecular formula is C11H13NO2. The number of aromatic nitrogens is 1. The highest BCUT2D eigenvalue weighted by molar-refractivity contribution is 5.92. The van der Waals surface area contributed by atoms with Crippen LogP contribution in [-0.2, 0) is 9.53 Å². The molecule has 0 amide bonds. The van der Waals surface area contributed by atoms with Gasteiger partial charge in [0.15, 0.2) is 0 Å². The van der Waals surface area contributed by atoms with Crippen molar-refractivity contribution < 1.29 is 9.53 Å². The average molecular weight is 191 g/mol. The smallest absolute Gasteiger partial charge is 0.333 e. The van der Waals surface area contributed by atoms with Crippen molar-refractivity contribution in [3.63, 3.8) is 0 Å². The van der Waals surface area contributed by atoms with Crippen LogP contribution in [-0.4, -0.2) is 17.6 Å². The van der Waals surface area contributed by atoms with Crippen LogP contribution in [0.5, 0.6) is 0 Å². The summed E-state index contributed by atoms with van der Waals surface area (Å²) in [4.78, 5) is 15.2. The maximum absolute atomic E-state index is 11.2. The van der Waals surface area contributed by atoms with Gasteiger partial charge in [-0.15, -0.1) is 0 Å². The minimum absolute atomic E-state index is 0.281. The Morgan fingerprint density at radius 1 is 1.64 bits per heavy atom. The summed E-state index contributed by atoms with van der Waals surface area (Å²) in [7, 11) is 0. The fraction of sp³-hybridized carbons (Fsp3) is 0.273. The maximum Gasteiger partial charge on any atom is 0.333 e. The summed E-state index contributed by atoms with van der Waals surface area (Å²) in [6, 6.07) is 3.71. The number of hydrogen-bond acceptors (Lipinski definition) is 3. The fourth-order valence-electron chi connectivity index (χ4n) is 1.02. The molecule has 0 bridgehead atoms. The first kappa shape index (κ1) is 10.4. The highest BCUT2D eigenvalue weighted by Crippen LogP contribution is 2.05. The molecule has 0 saturated carbocycles. The van der Waals surface area contributed by atoms with Gasteiger partial charge >= 0.3 is 5.97 Å². The summed E-state index contributed by atoms with van der Waals surface area (Å²) in [6.07, 6.45) is 5.14. The van der Waals surface area contributed by atoms with Crippen LogP contribution in [0.25, 0.3) is 6.08 Å². The molecule has 1 rings (SSSR count). The number of pyridine rings is 1. The van der Waals surface area contributed by atoms with Crippen molar-refractivity contribution in [2.45, 2.75) is 13.8 Å². The predicted molar refractivity (Wildman–Crippen MR) is 54.5 cm³/mol. The standard InChI is InChI=1S/C11H13NO2/c1-3-14-11(13)9(2)7-10-5-4-6-12-8-10/h4-8H,3H2,1-2H3/b9-7+. The van der Waals surface area contributed by atoms with Gasteiger partial charge in [-0.2, -0.15) is 0 Å². The van der Waals surface area contributed by atoms with Gasteiger partial charge in [-0.1, -0.05) is 6.07 Å². The Labute approximate surface area is 83.4 Å². The molecule has 0 aliphatic rings. The molecule has 0 fully saturated rings. The van der Waals surface area contributed by atoms with Crippen LogP contribution in [0.3, 0.4) is 0 Å². The lowest BCUT2D eigenvalue weighted by Crippen LogP contribution is -2.04. The lowest BCUT2D eigenvalue weighted by molar-refractivity contribution is -0.138. The second-order valence-corrected chi connectivity index (χ2v) is 2.83. The number of nitrogens with zero attached hydrogens (tertiary/aromatic N) is 1. The van der Waals surface area contributed by atoms with Gasteiger partial charge in [0.1, 0.15) is 0 Å². The molecule has 0 spiro atoms. The van der Waals surface area contributed by atoms with E-state index < -0.39 is 0 Å². The van der Waals surface area contributed by atoms with Crippen LogP contribution < -0.4 is 0 Å². The van der Waals surface area contributed by atoms with Crippen molar-refractivity contribution in [2.24, 2.45) is 0 Å². The van der Waals surface area contributed by atoms with Crippen LogP contribution in [0.1, 0.15) is 19.4 Å². The summed E-state index contributed by atoms with van der Waals surface area (Å²) in [5.74, 6) is -0.281. The van der Waals surface area contributed by atoms with Gasteiger partial charge in [0, 0.05) is 18.0 Å². The number of rotatable bonds is 3. The van der Waals surface area contributed by atoms with Crippen molar-refractivity contribution in [3.05, 3.63) is 35.7 Å². The van der Waals surface area contributed by atoms with E-state index in [-0.39, 0.29) is 5.97 Å². The summed E-state index contributed by atoms with van der Waals surface area (Å²) in [6.45, 7) is 3.91. The monoisotopic (exact) mass is 191 g/mol. The first-order valence-electron chi connectivity index (χ1n) is 4.49. The molecule has 0 unspecified atom stereocenters. The van der Waals surface area contributed by atoms with Gasteiger partial charge in [-0.05, 0) is 31.6 Å². The number of carbonyl (C=O) groups is 1. The van der Waals surface area contributed by atoms with Gasteiger partial charge in [0.25, 0.3) is 0 Å². The minimum Gasteiger partial charge on any atom is -0.463 e. The Morgan fingerprint density at radius 2 is 2.43 bits per heavy atom. The molecule has 0 radical (unpaired) electrons. The molecule has 14 heavy (non-hydrogen) atoms. The number of hydrogen-bond donors (Lipinski definition) is 0. The predicted octanol–water partition coefficient (Wildman–Crippen LogP) is 2.05. The third-order valence-electron chi connectivity index (χ3n) is 1.66. The van der Waals surface area contributed by atoms with Gasteiger partial charge < -0.3 is 4.74 Å². The normalized spacial score (nSPS) is 11.1. The summed E-state index contributed by atoms with van der Waals surface area (Å²) in [5.41, 5.74) is 1.48. The van der Waals surface area contributed by atoms with E-state index in [2.05, 4.69) is 4.98 Å². The molecule has 1 aromatic rings. The van der Waals surface area contributed by atoms with E-state index in [0.29, 0.717) is 12.2 Å². The van der Waals surface area contributed by atoms with Crippen molar-refractivity contribution >= 4 is 12.0 Å². The van der Waals surface area contributed by atoms with Crippen LogP contribution in [0.2, 0.25) is 0 Å². The van der Waals surface area contributed by atoms with Crippen molar-refractivity contribution in [1.82, 2.24) is 4.98 Å². The molecule has 0 N–H and O–H groups in total. The number of ether oxygens (including phenoxy) is 1. The molecule has 1 heterocycles. The molecule has 3 nitrogen and oxygen atoms in total. The third kappa shape index (κ3) is 3.01. The molecule has 74 valence electrons. The lowest BCUT2D eigenvalue weighted by atomic mass is 10.2. The molecule has 1 aromatic heterocycles.